The topological polar surface area (TPSA) is 66.5 Å². The van der Waals surface area contributed by atoms with Gasteiger partial charge in [-0.05, 0) is 17.7 Å². The fourth-order valence-electron chi connectivity index (χ4n) is 2.25. The molecule has 6 nitrogen and oxygen atoms in total. The Kier molecular flexibility index (Phi) is 9.20. The highest BCUT2D eigenvalue weighted by Crippen LogP contribution is 2.12. The first-order chi connectivity index (χ1) is 11.5. The maximum atomic E-state index is 6.03. The summed E-state index contributed by atoms with van der Waals surface area (Å²) in [6, 6.07) is 7.82. The van der Waals surface area contributed by atoms with Crippen molar-refractivity contribution in [2.24, 2.45) is 4.99 Å². The zero-order valence-corrected chi connectivity index (χ0v) is 18.1. The molecule has 25 heavy (non-hydrogen) atoms. The molecular formula is C17H25ClIN5O. The molecule has 0 saturated carbocycles. The smallest absolute Gasteiger partial charge is 0.228 e. The van der Waals surface area contributed by atoms with Crippen LogP contribution in [-0.4, -0.2) is 41.6 Å². The second kappa shape index (κ2) is 10.6. The third-order valence-electron chi connectivity index (χ3n) is 3.50. The van der Waals surface area contributed by atoms with E-state index in [0.29, 0.717) is 18.9 Å². The van der Waals surface area contributed by atoms with E-state index in [9.17, 15) is 0 Å². The molecule has 0 radical (unpaired) electrons. The Morgan fingerprint density at radius 3 is 2.76 bits per heavy atom. The Hall–Kier alpha value is -1.35. The van der Waals surface area contributed by atoms with Gasteiger partial charge in [-0.1, -0.05) is 42.7 Å². The van der Waals surface area contributed by atoms with E-state index >= 15 is 0 Å². The molecule has 2 aromatic rings. The monoisotopic (exact) mass is 477 g/mol. The van der Waals surface area contributed by atoms with Crippen molar-refractivity contribution in [3.63, 3.8) is 0 Å². The molecule has 1 aromatic heterocycles. The largest absolute Gasteiger partial charge is 0.356 e. The summed E-state index contributed by atoms with van der Waals surface area (Å²) in [5.41, 5.74) is 1.13. The Morgan fingerprint density at radius 2 is 2.16 bits per heavy atom. The fourth-order valence-corrected chi connectivity index (χ4v) is 2.47. The molecule has 1 heterocycles. The van der Waals surface area contributed by atoms with Gasteiger partial charge in [0.15, 0.2) is 11.8 Å². The minimum atomic E-state index is 0. The van der Waals surface area contributed by atoms with E-state index in [1.807, 2.05) is 50.1 Å². The summed E-state index contributed by atoms with van der Waals surface area (Å²) in [5, 5.41) is 8.01. The number of halogens is 2. The number of aliphatic imine (C=N–C) groups is 1. The number of rotatable bonds is 6. The highest BCUT2D eigenvalue weighted by atomic mass is 127. The minimum absolute atomic E-state index is 0. The van der Waals surface area contributed by atoms with Crippen molar-refractivity contribution in [2.75, 3.05) is 20.6 Å². The van der Waals surface area contributed by atoms with E-state index in [1.165, 1.54) is 0 Å². The summed E-state index contributed by atoms with van der Waals surface area (Å²) in [7, 11) is 3.75. The van der Waals surface area contributed by atoms with Crippen molar-refractivity contribution in [3.8, 4) is 0 Å². The van der Waals surface area contributed by atoms with E-state index in [0.717, 1.165) is 28.9 Å². The standard InChI is InChI=1S/C17H24ClN5O.HI/c1-12(2)16-21-15(24-22-16)8-9-20-17(19-3)23(4)11-13-6-5-7-14(18)10-13;/h5-7,10,12H,8-9,11H2,1-4H3,(H,19,20);1H. The van der Waals surface area contributed by atoms with Crippen molar-refractivity contribution in [2.45, 2.75) is 32.7 Å². The summed E-state index contributed by atoms with van der Waals surface area (Å²) in [4.78, 5) is 10.7. The van der Waals surface area contributed by atoms with Gasteiger partial charge in [-0.3, -0.25) is 4.99 Å². The number of benzene rings is 1. The van der Waals surface area contributed by atoms with Crippen LogP contribution in [0.4, 0.5) is 0 Å². The Balaban J connectivity index is 0.00000312. The molecule has 8 heteroatoms. The molecule has 0 atom stereocenters. The van der Waals surface area contributed by atoms with Crippen LogP contribution in [0.3, 0.4) is 0 Å². The molecule has 2 rings (SSSR count). The summed E-state index contributed by atoms with van der Waals surface area (Å²) in [6.07, 6.45) is 0.656. The molecule has 0 aliphatic carbocycles. The Morgan fingerprint density at radius 1 is 1.40 bits per heavy atom. The summed E-state index contributed by atoms with van der Waals surface area (Å²) >= 11 is 6.03. The first-order valence-corrected chi connectivity index (χ1v) is 8.36. The van der Waals surface area contributed by atoms with Gasteiger partial charge in [0, 0.05) is 44.5 Å². The molecule has 1 N–H and O–H groups in total. The SMILES string of the molecule is CN=C(NCCc1nc(C(C)C)no1)N(C)Cc1cccc(Cl)c1.I. The molecule has 0 aliphatic heterocycles. The van der Waals surface area contributed by atoms with Gasteiger partial charge in [-0.25, -0.2) is 0 Å². The van der Waals surface area contributed by atoms with Crippen LogP contribution in [0, 0.1) is 0 Å². The van der Waals surface area contributed by atoms with Crippen molar-refractivity contribution in [1.82, 2.24) is 20.4 Å². The summed E-state index contributed by atoms with van der Waals surface area (Å²) < 4.78 is 5.24. The fraction of sp³-hybridized carbons (Fsp3) is 0.471. The minimum Gasteiger partial charge on any atom is -0.356 e. The normalized spacial score (nSPS) is 11.4. The van der Waals surface area contributed by atoms with Crippen LogP contribution in [0.1, 0.15) is 37.0 Å². The van der Waals surface area contributed by atoms with Gasteiger partial charge in [-0.15, -0.1) is 24.0 Å². The maximum Gasteiger partial charge on any atom is 0.228 e. The van der Waals surface area contributed by atoms with Crippen molar-refractivity contribution in [1.29, 1.82) is 0 Å². The molecule has 1 aromatic carbocycles. The van der Waals surface area contributed by atoms with Gasteiger partial charge in [0.1, 0.15) is 0 Å². The van der Waals surface area contributed by atoms with Crippen molar-refractivity contribution in [3.05, 3.63) is 46.6 Å². The van der Waals surface area contributed by atoms with Crippen molar-refractivity contribution < 1.29 is 4.52 Å². The summed E-state index contributed by atoms with van der Waals surface area (Å²) in [6.45, 7) is 5.48. The highest BCUT2D eigenvalue weighted by Gasteiger charge is 2.11. The lowest BCUT2D eigenvalue weighted by Gasteiger charge is -2.22. The Labute approximate surface area is 171 Å². The lowest BCUT2D eigenvalue weighted by atomic mass is 10.2. The predicted octanol–water partition coefficient (Wildman–Crippen LogP) is 3.71. The number of hydrogen-bond acceptors (Lipinski definition) is 4. The quantitative estimate of drug-likeness (QED) is 0.390. The molecule has 0 aliphatic rings. The second-order valence-corrected chi connectivity index (χ2v) is 6.35. The number of nitrogens with zero attached hydrogens (tertiary/aromatic N) is 4. The third-order valence-corrected chi connectivity index (χ3v) is 3.74. The van der Waals surface area contributed by atoms with E-state index in [2.05, 4.69) is 20.4 Å². The van der Waals surface area contributed by atoms with Gasteiger partial charge in [0.25, 0.3) is 0 Å². The van der Waals surface area contributed by atoms with Gasteiger partial charge >= 0.3 is 0 Å². The average Bonchev–Trinajstić information content (AvgIpc) is 3.00. The zero-order chi connectivity index (χ0) is 17.5. The Bertz CT molecular complexity index is 689. The third kappa shape index (κ3) is 6.81. The molecule has 0 amide bonds. The number of nitrogens with one attached hydrogen (secondary N) is 1. The van der Waals surface area contributed by atoms with E-state index in [1.54, 1.807) is 7.05 Å². The molecule has 0 bridgehead atoms. The van der Waals surface area contributed by atoms with Crippen LogP contribution in [0.5, 0.6) is 0 Å². The van der Waals surface area contributed by atoms with E-state index < -0.39 is 0 Å². The summed E-state index contributed by atoms with van der Waals surface area (Å²) in [5.74, 6) is 2.46. The van der Waals surface area contributed by atoms with Gasteiger partial charge in [-0.2, -0.15) is 4.98 Å². The van der Waals surface area contributed by atoms with Crippen LogP contribution in [0.2, 0.25) is 5.02 Å². The van der Waals surface area contributed by atoms with Crippen LogP contribution >= 0.6 is 35.6 Å². The molecule has 0 saturated heterocycles. The van der Waals surface area contributed by atoms with Crippen LogP contribution in [0.15, 0.2) is 33.8 Å². The van der Waals surface area contributed by atoms with Crippen LogP contribution < -0.4 is 5.32 Å². The second-order valence-electron chi connectivity index (χ2n) is 5.91. The average molecular weight is 478 g/mol. The predicted molar refractivity (Wildman–Crippen MR) is 112 cm³/mol. The molecule has 0 spiro atoms. The zero-order valence-electron chi connectivity index (χ0n) is 15.0. The number of hydrogen-bond donors (Lipinski definition) is 1. The number of guanidine groups is 1. The van der Waals surface area contributed by atoms with Crippen molar-refractivity contribution >= 4 is 41.5 Å². The molecule has 0 unspecified atom stereocenters. The highest BCUT2D eigenvalue weighted by molar-refractivity contribution is 14.0. The van der Waals surface area contributed by atoms with Gasteiger partial charge in [0.05, 0.1) is 0 Å². The van der Waals surface area contributed by atoms with E-state index in [4.69, 9.17) is 16.1 Å². The van der Waals surface area contributed by atoms with Gasteiger partial charge < -0.3 is 14.7 Å². The maximum absolute atomic E-state index is 6.03. The lowest BCUT2D eigenvalue weighted by molar-refractivity contribution is 0.370. The van der Waals surface area contributed by atoms with Gasteiger partial charge in [0.2, 0.25) is 5.89 Å². The van der Waals surface area contributed by atoms with E-state index in [-0.39, 0.29) is 29.9 Å². The van der Waals surface area contributed by atoms with Crippen LogP contribution in [-0.2, 0) is 13.0 Å². The molecule has 138 valence electrons. The first kappa shape index (κ1) is 21.7. The lowest BCUT2D eigenvalue weighted by Crippen LogP contribution is -2.39. The van der Waals surface area contributed by atoms with Crippen LogP contribution in [0.25, 0.3) is 0 Å². The first-order valence-electron chi connectivity index (χ1n) is 7.98. The molecular weight excluding hydrogens is 453 g/mol. The number of aromatic nitrogens is 2. The molecule has 0 fully saturated rings.